The van der Waals surface area contributed by atoms with Crippen LogP contribution in [0.15, 0.2) is 26.4 Å². The second-order valence-electron chi connectivity index (χ2n) is 3.94. The first-order valence-electron chi connectivity index (χ1n) is 5.19. The molecule has 0 fully saturated rings. The Kier molecular flexibility index (Phi) is 2.71. The Bertz CT molecular complexity index is 644. The number of hydrogen-bond donors (Lipinski definition) is 0. The first kappa shape index (κ1) is 11.4. The van der Waals surface area contributed by atoms with Crippen LogP contribution in [0.5, 0.6) is 0 Å². The zero-order valence-electron chi connectivity index (χ0n) is 9.93. The summed E-state index contributed by atoms with van der Waals surface area (Å²) in [6.45, 7) is 3.73. The topological polar surface area (TPSA) is 70.0 Å². The van der Waals surface area contributed by atoms with E-state index in [4.69, 9.17) is 4.52 Å². The molecule has 0 saturated heterocycles. The summed E-state index contributed by atoms with van der Waals surface area (Å²) in [5.41, 5.74) is 0.793. The van der Waals surface area contributed by atoms with Crippen molar-refractivity contribution in [2.45, 2.75) is 20.4 Å². The van der Waals surface area contributed by atoms with Crippen molar-refractivity contribution in [3.8, 4) is 0 Å². The normalized spacial score (nSPS) is 10.8. The van der Waals surface area contributed by atoms with Crippen molar-refractivity contribution in [1.29, 1.82) is 0 Å². The minimum Gasteiger partial charge on any atom is -0.361 e. The Morgan fingerprint density at radius 2 is 2.06 bits per heavy atom. The molecule has 0 radical (unpaired) electrons. The van der Waals surface area contributed by atoms with E-state index < -0.39 is 0 Å². The lowest BCUT2D eigenvalue weighted by molar-refractivity contribution is 0.391. The fourth-order valence-corrected chi connectivity index (χ4v) is 1.65. The average Bonchev–Trinajstić information content (AvgIpc) is 2.60. The van der Waals surface area contributed by atoms with Crippen LogP contribution < -0.4 is 11.2 Å². The summed E-state index contributed by atoms with van der Waals surface area (Å²) in [6.07, 6.45) is 1.45. The average molecular weight is 235 g/mol. The molecule has 90 valence electrons. The van der Waals surface area contributed by atoms with Crippen LogP contribution in [0.1, 0.15) is 17.0 Å². The minimum absolute atomic E-state index is 0.188. The third kappa shape index (κ3) is 1.93. The largest absolute Gasteiger partial charge is 0.361 e. The summed E-state index contributed by atoms with van der Waals surface area (Å²) < 4.78 is 7.52. The SMILES string of the molecule is Cc1noc(C)c1Cn1c(=O)ccn(C)c1=O. The standard InChI is InChI=1S/C11H13N3O3/c1-7-9(8(2)17-12-7)6-14-10(15)4-5-13(3)11(14)16/h4-5H,6H2,1-3H3. The molecule has 0 aromatic carbocycles. The zero-order valence-corrected chi connectivity index (χ0v) is 9.93. The zero-order chi connectivity index (χ0) is 12.6. The van der Waals surface area contributed by atoms with Gasteiger partial charge in [-0.3, -0.25) is 9.36 Å². The van der Waals surface area contributed by atoms with Gasteiger partial charge in [-0.25, -0.2) is 4.79 Å². The molecule has 6 nitrogen and oxygen atoms in total. The predicted molar refractivity (Wildman–Crippen MR) is 61.0 cm³/mol. The fraction of sp³-hybridized carbons (Fsp3) is 0.364. The molecule has 6 heteroatoms. The molecule has 0 unspecified atom stereocenters. The van der Waals surface area contributed by atoms with E-state index in [-0.39, 0.29) is 17.8 Å². The van der Waals surface area contributed by atoms with Gasteiger partial charge in [0.05, 0.1) is 12.2 Å². The summed E-state index contributed by atoms with van der Waals surface area (Å²) in [5, 5.41) is 3.79. The van der Waals surface area contributed by atoms with E-state index in [0.717, 1.165) is 10.1 Å². The lowest BCUT2D eigenvalue weighted by Gasteiger charge is -2.05. The van der Waals surface area contributed by atoms with Gasteiger partial charge in [0.2, 0.25) is 0 Å². The van der Waals surface area contributed by atoms with Crippen LogP contribution in [-0.2, 0) is 13.6 Å². The molecule has 0 bridgehead atoms. The molecule has 0 aliphatic carbocycles. The summed E-state index contributed by atoms with van der Waals surface area (Å²) in [5.74, 6) is 0.625. The van der Waals surface area contributed by atoms with Crippen molar-refractivity contribution < 1.29 is 4.52 Å². The van der Waals surface area contributed by atoms with E-state index in [0.29, 0.717) is 11.5 Å². The van der Waals surface area contributed by atoms with E-state index in [1.807, 2.05) is 0 Å². The highest BCUT2D eigenvalue weighted by Gasteiger charge is 2.12. The first-order chi connectivity index (χ1) is 8.00. The highest BCUT2D eigenvalue weighted by atomic mass is 16.5. The molecule has 2 rings (SSSR count). The number of nitrogens with zero attached hydrogens (tertiary/aromatic N) is 3. The van der Waals surface area contributed by atoms with Crippen molar-refractivity contribution in [1.82, 2.24) is 14.3 Å². The maximum absolute atomic E-state index is 11.8. The predicted octanol–water partition coefficient (Wildman–Crippen LogP) is 0.200. The highest BCUT2D eigenvalue weighted by molar-refractivity contribution is 5.21. The molecule has 0 saturated carbocycles. The monoisotopic (exact) mass is 235 g/mol. The number of aromatic nitrogens is 3. The van der Waals surface area contributed by atoms with Gasteiger partial charge in [-0.05, 0) is 13.8 Å². The molecular formula is C11H13N3O3. The van der Waals surface area contributed by atoms with Gasteiger partial charge in [-0.1, -0.05) is 5.16 Å². The molecule has 2 aromatic heterocycles. The van der Waals surface area contributed by atoms with E-state index in [9.17, 15) is 9.59 Å². The smallest absolute Gasteiger partial charge is 0.331 e. The van der Waals surface area contributed by atoms with Crippen molar-refractivity contribution in [3.05, 3.63) is 50.1 Å². The van der Waals surface area contributed by atoms with Gasteiger partial charge in [0, 0.05) is 24.9 Å². The second kappa shape index (κ2) is 4.04. The summed E-state index contributed by atoms with van der Waals surface area (Å²) in [7, 11) is 1.60. The van der Waals surface area contributed by atoms with Gasteiger partial charge in [0.1, 0.15) is 5.76 Å². The maximum atomic E-state index is 11.8. The molecule has 0 amide bonds. The molecule has 0 N–H and O–H groups in total. The third-order valence-electron chi connectivity index (χ3n) is 2.74. The van der Waals surface area contributed by atoms with Crippen LogP contribution in [-0.4, -0.2) is 14.3 Å². The molecule has 0 atom stereocenters. The van der Waals surface area contributed by atoms with Crippen LogP contribution in [0.3, 0.4) is 0 Å². The van der Waals surface area contributed by atoms with Gasteiger partial charge in [0.25, 0.3) is 5.56 Å². The molecule has 0 aliphatic heterocycles. The van der Waals surface area contributed by atoms with Crippen molar-refractivity contribution in [2.75, 3.05) is 0 Å². The highest BCUT2D eigenvalue weighted by Crippen LogP contribution is 2.12. The van der Waals surface area contributed by atoms with Crippen LogP contribution in [0.2, 0.25) is 0 Å². The maximum Gasteiger partial charge on any atom is 0.331 e. The number of rotatable bonds is 2. The Morgan fingerprint density at radius 3 is 2.65 bits per heavy atom. The van der Waals surface area contributed by atoms with E-state index in [1.54, 1.807) is 20.9 Å². The van der Waals surface area contributed by atoms with E-state index in [1.165, 1.54) is 16.8 Å². The molecule has 17 heavy (non-hydrogen) atoms. The Labute approximate surface area is 97.1 Å². The Hall–Kier alpha value is -2.11. The van der Waals surface area contributed by atoms with Gasteiger partial charge in [0.15, 0.2) is 0 Å². The molecule has 2 heterocycles. The number of hydrogen-bond acceptors (Lipinski definition) is 4. The van der Waals surface area contributed by atoms with Crippen LogP contribution >= 0.6 is 0 Å². The number of aryl methyl sites for hydroxylation is 3. The third-order valence-corrected chi connectivity index (χ3v) is 2.74. The molecule has 2 aromatic rings. The Morgan fingerprint density at radius 1 is 1.35 bits per heavy atom. The van der Waals surface area contributed by atoms with E-state index >= 15 is 0 Å². The lowest BCUT2D eigenvalue weighted by Crippen LogP contribution is -2.38. The lowest BCUT2D eigenvalue weighted by atomic mass is 10.2. The van der Waals surface area contributed by atoms with Crippen molar-refractivity contribution in [3.63, 3.8) is 0 Å². The second-order valence-corrected chi connectivity index (χ2v) is 3.94. The molecular weight excluding hydrogens is 222 g/mol. The fourth-order valence-electron chi connectivity index (χ4n) is 1.65. The first-order valence-corrected chi connectivity index (χ1v) is 5.19. The van der Waals surface area contributed by atoms with Crippen LogP contribution in [0.25, 0.3) is 0 Å². The van der Waals surface area contributed by atoms with Gasteiger partial charge in [-0.2, -0.15) is 0 Å². The summed E-state index contributed by atoms with van der Waals surface area (Å²) in [4.78, 5) is 23.5. The van der Waals surface area contributed by atoms with Crippen LogP contribution in [0, 0.1) is 13.8 Å². The van der Waals surface area contributed by atoms with Crippen molar-refractivity contribution in [2.24, 2.45) is 7.05 Å². The Balaban J connectivity index is 2.55. The quantitative estimate of drug-likeness (QED) is 0.745. The molecule has 0 spiro atoms. The van der Waals surface area contributed by atoms with Crippen LogP contribution in [0.4, 0.5) is 0 Å². The van der Waals surface area contributed by atoms with Gasteiger partial charge in [-0.15, -0.1) is 0 Å². The van der Waals surface area contributed by atoms with Gasteiger partial charge >= 0.3 is 5.69 Å². The van der Waals surface area contributed by atoms with Crippen molar-refractivity contribution >= 4 is 0 Å². The van der Waals surface area contributed by atoms with Gasteiger partial charge < -0.3 is 9.09 Å². The summed E-state index contributed by atoms with van der Waals surface area (Å²) >= 11 is 0. The van der Waals surface area contributed by atoms with E-state index in [2.05, 4.69) is 5.16 Å². The molecule has 0 aliphatic rings. The minimum atomic E-state index is -0.350. The summed E-state index contributed by atoms with van der Waals surface area (Å²) in [6, 6.07) is 1.36.